The van der Waals surface area contributed by atoms with Crippen LogP contribution in [-0.4, -0.2) is 34.6 Å². The molecule has 3 heterocycles. The van der Waals surface area contributed by atoms with E-state index in [1.807, 2.05) is 12.1 Å². The molecular weight excluding hydrogens is 322 g/mol. The van der Waals surface area contributed by atoms with E-state index in [9.17, 15) is 0 Å². The summed E-state index contributed by atoms with van der Waals surface area (Å²) >= 11 is 0. The van der Waals surface area contributed by atoms with Crippen molar-refractivity contribution in [3.05, 3.63) is 59.2 Å². The first-order valence-electron chi connectivity index (χ1n) is 9.74. The minimum absolute atomic E-state index is 0.485. The van der Waals surface area contributed by atoms with Gasteiger partial charge in [0.25, 0.3) is 0 Å². The number of ether oxygens (including phenoxy) is 1. The second kappa shape index (κ2) is 6.51. The molecule has 4 nitrogen and oxygen atoms in total. The maximum Gasteiger partial charge on any atom is 0.131 e. The van der Waals surface area contributed by atoms with Crippen LogP contribution < -0.4 is 4.74 Å². The molecule has 5 rings (SSSR count). The molecule has 1 saturated carbocycles. The molecule has 2 fully saturated rings. The summed E-state index contributed by atoms with van der Waals surface area (Å²) in [5, 5.41) is 0. The summed E-state index contributed by atoms with van der Waals surface area (Å²) in [6, 6.07) is 9.28. The van der Waals surface area contributed by atoms with Gasteiger partial charge >= 0.3 is 0 Å². The number of hydrogen-bond acceptors (Lipinski definition) is 4. The molecule has 0 radical (unpaired) electrons. The predicted molar refractivity (Wildman–Crippen MR) is 102 cm³/mol. The van der Waals surface area contributed by atoms with Crippen molar-refractivity contribution in [3.63, 3.8) is 0 Å². The summed E-state index contributed by atoms with van der Waals surface area (Å²) in [5.41, 5.74) is 3.82. The fraction of sp³-hybridized carbons (Fsp3) is 0.455. The number of para-hydroxylation sites is 1. The van der Waals surface area contributed by atoms with Gasteiger partial charge in [0.05, 0.1) is 12.8 Å². The lowest BCUT2D eigenvalue weighted by atomic mass is 9.99. The third-order valence-corrected chi connectivity index (χ3v) is 6.04. The van der Waals surface area contributed by atoms with E-state index < -0.39 is 0 Å². The van der Waals surface area contributed by atoms with Crippen LogP contribution in [0.15, 0.2) is 36.5 Å². The fourth-order valence-corrected chi connectivity index (χ4v) is 4.52. The van der Waals surface area contributed by atoms with Crippen LogP contribution in [0.5, 0.6) is 5.75 Å². The van der Waals surface area contributed by atoms with Gasteiger partial charge in [0.2, 0.25) is 0 Å². The Bertz CT molecular complexity index is 843. The maximum absolute atomic E-state index is 5.44. The molecule has 0 unspecified atom stereocenters. The fourth-order valence-electron chi connectivity index (χ4n) is 4.52. The molecule has 0 amide bonds. The molecular formula is C22H25N3O. The van der Waals surface area contributed by atoms with E-state index in [1.165, 1.54) is 36.9 Å². The van der Waals surface area contributed by atoms with Gasteiger partial charge in [0, 0.05) is 48.3 Å². The molecule has 2 aromatic rings. The van der Waals surface area contributed by atoms with E-state index in [2.05, 4.69) is 40.4 Å². The lowest BCUT2D eigenvalue weighted by Crippen LogP contribution is -2.38. The van der Waals surface area contributed by atoms with E-state index in [1.54, 1.807) is 7.11 Å². The van der Waals surface area contributed by atoms with Crippen LogP contribution in [0.4, 0.5) is 0 Å². The molecule has 2 bridgehead atoms. The van der Waals surface area contributed by atoms with Gasteiger partial charge in [-0.2, -0.15) is 0 Å². The summed E-state index contributed by atoms with van der Waals surface area (Å²) in [5.74, 6) is 2.66. The summed E-state index contributed by atoms with van der Waals surface area (Å²) in [4.78, 5) is 12.2. The highest BCUT2D eigenvalue weighted by Gasteiger charge is 2.40. The van der Waals surface area contributed by atoms with Crippen LogP contribution in [0.3, 0.4) is 0 Å². The van der Waals surface area contributed by atoms with Gasteiger partial charge in [0.1, 0.15) is 11.6 Å². The first-order valence-corrected chi connectivity index (χ1v) is 9.74. The Morgan fingerprint density at radius 1 is 1.19 bits per heavy atom. The van der Waals surface area contributed by atoms with Gasteiger partial charge in [0.15, 0.2) is 0 Å². The standard InChI is InChI=1S/C22H25N3O/c1-26-21-7-3-2-5-15(21)6-4-12-25-17-10-11-20(25)18-14-23-22(16-8-9-16)24-19(18)13-17/h2-7,14,16-17,20H,8-13H2,1H3/b6-4+/t17-,20+/m0/s1. The van der Waals surface area contributed by atoms with Crippen molar-refractivity contribution in [1.29, 1.82) is 0 Å². The summed E-state index contributed by atoms with van der Waals surface area (Å²) in [7, 11) is 1.73. The van der Waals surface area contributed by atoms with E-state index in [4.69, 9.17) is 9.72 Å². The monoisotopic (exact) mass is 347 g/mol. The van der Waals surface area contributed by atoms with Crippen molar-refractivity contribution < 1.29 is 4.74 Å². The summed E-state index contributed by atoms with van der Waals surface area (Å²) in [6.45, 7) is 0.969. The predicted octanol–water partition coefficient (Wildman–Crippen LogP) is 4.14. The topological polar surface area (TPSA) is 38.2 Å². The molecule has 134 valence electrons. The Labute approximate surface area is 154 Å². The highest BCUT2D eigenvalue weighted by atomic mass is 16.5. The quantitative estimate of drug-likeness (QED) is 0.815. The molecule has 1 aromatic carbocycles. The molecule has 0 N–H and O–H groups in total. The van der Waals surface area contributed by atoms with E-state index in [-0.39, 0.29) is 0 Å². The highest BCUT2D eigenvalue weighted by molar-refractivity contribution is 5.57. The molecule has 1 saturated heterocycles. The zero-order valence-corrected chi connectivity index (χ0v) is 15.3. The van der Waals surface area contributed by atoms with Crippen LogP contribution in [0.2, 0.25) is 0 Å². The van der Waals surface area contributed by atoms with E-state index >= 15 is 0 Å². The van der Waals surface area contributed by atoms with Crippen LogP contribution >= 0.6 is 0 Å². The van der Waals surface area contributed by atoms with Gasteiger partial charge in [-0.05, 0) is 31.7 Å². The average Bonchev–Trinajstić information content (AvgIpc) is 3.48. The molecule has 2 aliphatic heterocycles. The number of rotatable bonds is 5. The molecule has 2 atom stereocenters. The lowest BCUT2D eigenvalue weighted by Gasteiger charge is -2.34. The highest BCUT2D eigenvalue weighted by Crippen LogP contribution is 2.44. The molecule has 0 spiro atoms. The van der Waals surface area contributed by atoms with Crippen molar-refractivity contribution in [3.8, 4) is 5.75 Å². The Morgan fingerprint density at radius 2 is 2.08 bits per heavy atom. The number of nitrogens with zero attached hydrogens (tertiary/aromatic N) is 3. The molecule has 26 heavy (non-hydrogen) atoms. The van der Waals surface area contributed by atoms with Crippen LogP contribution in [-0.2, 0) is 6.42 Å². The minimum atomic E-state index is 0.485. The van der Waals surface area contributed by atoms with Crippen LogP contribution in [0.25, 0.3) is 6.08 Å². The Balaban J connectivity index is 1.34. The van der Waals surface area contributed by atoms with Crippen molar-refractivity contribution in [2.45, 2.75) is 50.1 Å². The maximum atomic E-state index is 5.44. The first kappa shape index (κ1) is 16.0. The van der Waals surface area contributed by atoms with Gasteiger partial charge in [-0.15, -0.1) is 0 Å². The van der Waals surface area contributed by atoms with Crippen molar-refractivity contribution in [2.24, 2.45) is 0 Å². The minimum Gasteiger partial charge on any atom is -0.496 e. The Kier molecular flexibility index (Phi) is 4.01. The van der Waals surface area contributed by atoms with Gasteiger partial charge in [-0.25, -0.2) is 9.97 Å². The van der Waals surface area contributed by atoms with Crippen LogP contribution in [0, 0.1) is 0 Å². The molecule has 3 aliphatic rings. The Hall–Kier alpha value is -2.20. The van der Waals surface area contributed by atoms with E-state index in [0.717, 1.165) is 30.1 Å². The number of benzene rings is 1. The average molecular weight is 347 g/mol. The van der Waals surface area contributed by atoms with Gasteiger partial charge in [-0.3, -0.25) is 4.90 Å². The van der Waals surface area contributed by atoms with Crippen molar-refractivity contribution in [2.75, 3.05) is 13.7 Å². The number of hydrogen-bond donors (Lipinski definition) is 0. The van der Waals surface area contributed by atoms with Crippen LogP contribution in [0.1, 0.15) is 60.3 Å². The second-order valence-electron chi connectivity index (χ2n) is 7.70. The Morgan fingerprint density at radius 3 is 2.92 bits per heavy atom. The van der Waals surface area contributed by atoms with Gasteiger partial charge < -0.3 is 4.74 Å². The third kappa shape index (κ3) is 2.82. The number of methoxy groups -OCH3 is 1. The molecule has 1 aliphatic carbocycles. The molecule has 1 aromatic heterocycles. The third-order valence-electron chi connectivity index (χ3n) is 6.04. The second-order valence-corrected chi connectivity index (χ2v) is 7.70. The van der Waals surface area contributed by atoms with Crippen molar-refractivity contribution in [1.82, 2.24) is 14.9 Å². The summed E-state index contributed by atoms with van der Waals surface area (Å²) in [6.07, 6.45) is 12.7. The smallest absolute Gasteiger partial charge is 0.131 e. The van der Waals surface area contributed by atoms with Gasteiger partial charge in [-0.1, -0.05) is 30.4 Å². The number of fused-ring (bicyclic) bond motifs is 4. The first-order chi connectivity index (χ1) is 12.8. The SMILES string of the molecule is COc1ccccc1/C=C/CN1[C@H]2CC[C@@H]1c1cnc(C3CC3)nc1C2. The summed E-state index contributed by atoms with van der Waals surface area (Å²) < 4.78 is 5.44. The number of aromatic nitrogens is 2. The zero-order valence-electron chi connectivity index (χ0n) is 15.3. The lowest BCUT2D eigenvalue weighted by molar-refractivity contribution is 0.196. The van der Waals surface area contributed by atoms with E-state index in [0.29, 0.717) is 18.0 Å². The zero-order chi connectivity index (χ0) is 17.5. The van der Waals surface area contributed by atoms with Crippen molar-refractivity contribution >= 4 is 6.08 Å². The normalized spacial score (nSPS) is 24.8. The molecule has 4 heteroatoms. The largest absolute Gasteiger partial charge is 0.496 e.